The highest BCUT2D eigenvalue weighted by Gasteiger charge is 2.41. The number of halogens is 6. The number of aryl methyl sites for hydroxylation is 1. The predicted octanol–water partition coefficient (Wildman–Crippen LogP) is 6.05. The number of carbonyl (C=O) groups is 1. The topological polar surface area (TPSA) is 56.6 Å². The molecule has 0 saturated heterocycles. The molecule has 0 bridgehead atoms. The number of alkyl halides is 3. The number of fused-ring (bicyclic) bond motifs is 2. The van der Waals surface area contributed by atoms with E-state index in [9.17, 15) is 31.1 Å². The van der Waals surface area contributed by atoms with Crippen LogP contribution in [0.3, 0.4) is 0 Å². The Kier molecular flexibility index (Phi) is 7.09. The van der Waals surface area contributed by atoms with Crippen LogP contribution in [0.4, 0.5) is 26.3 Å². The van der Waals surface area contributed by atoms with Crippen molar-refractivity contribution in [2.75, 3.05) is 14.2 Å². The van der Waals surface area contributed by atoms with E-state index in [1.54, 1.807) is 13.1 Å². The monoisotopic (exact) mass is 563 g/mol. The Labute approximate surface area is 224 Å². The Bertz CT molecular complexity index is 1600. The van der Waals surface area contributed by atoms with Crippen molar-refractivity contribution in [3.05, 3.63) is 93.9 Å². The van der Waals surface area contributed by atoms with Gasteiger partial charge < -0.3 is 18.9 Å². The fraction of sp³-hybridized carbons (Fsp3) is 0.286. The van der Waals surface area contributed by atoms with Crippen LogP contribution in [0, 0.1) is 17.5 Å². The van der Waals surface area contributed by atoms with Gasteiger partial charge in [0, 0.05) is 55.4 Å². The van der Waals surface area contributed by atoms with Crippen molar-refractivity contribution in [3.63, 3.8) is 0 Å². The maximum absolute atomic E-state index is 14.6. The standard InChI is InChI=1S/C28H23F6N3O3/c1-36-22-11-17(28(32,33)34)24(16(12-39-2)26(22)35-23(36)13-40-3)15-5-4-8-37-20(15)6-7-21(37)27(38)14-9-18(29)25(31)19(30)10-14/h4-6,8-11,21H,7,12-13H2,1-3H3. The Morgan fingerprint density at radius 2 is 1.75 bits per heavy atom. The van der Waals surface area contributed by atoms with Gasteiger partial charge in [0.05, 0.1) is 23.2 Å². The maximum atomic E-state index is 14.6. The van der Waals surface area contributed by atoms with Gasteiger partial charge in [-0.1, -0.05) is 12.2 Å². The fourth-order valence-corrected chi connectivity index (χ4v) is 5.21. The van der Waals surface area contributed by atoms with Crippen molar-refractivity contribution in [2.24, 2.45) is 7.05 Å². The first-order valence-corrected chi connectivity index (χ1v) is 12.1. The van der Waals surface area contributed by atoms with Gasteiger partial charge in [-0.25, -0.2) is 18.2 Å². The third-order valence-electron chi connectivity index (χ3n) is 7.01. The number of rotatable bonds is 7. The van der Waals surface area contributed by atoms with Crippen LogP contribution in [0.15, 0.2) is 48.3 Å². The molecule has 0 saturated carbocycles. The molecule has 1 aromatic heterocycles. The number of allylic oxidation sites excluding steroid dienone is 3. The molecule has 3 heterocycles. The summed E-state index contributed by atoms with van der Waals surface area (Å²) in [4.78, 5) is 19.2. The van der Waals surface area contributed by atoms with Crippen molar-refractivity contribution in [1.29, 1.82) is 0 Å². The first-order chi connectivity index (χ1) is 19.0. The smallest absolute Gasteiger partial charge is 0.380 e. The minimum absolute atomic E-state index is 0.0429. The average molecular weight is 563 g/mol. The van der Waals surface area contributed by atoms with Gasteiger partial charge in [0.2, 0.25) is 0 Å². The number of nitrogens with zero attached hydrogens (tertiary/aromatic N) is 3. The van der Waals surface area contributed by atoms with Crippen molar-refractivity contribution in [3.8, 4) is 0 Å². The molecule has 0 radical (unpaired) electrons. The quantitative estimate of drug-likeness (QED) is 0.199. The highest BCUT2D eigenvalue weighted by molar-refractivity contribution is 6.02. The molecule has 210 valence electrons. The van der Waals surface area contributed by atoms with Crippen LogP contribution in [-0.2, 0) is 35.9 Å². The average Bonchev–Trinajstić information content (AvgIpc) is 3.47. The zero-order valence-corrected chi connectivity index (χ0v) is 21.6. The summed E-state index contributed by atoms with van der Waals surface area (Å²) in [5, 5.41) is 0. The van der Waals surface area contributed by atoms with E-state index in [2.05, 4.69) is 4.98 Å². The fourth-order valence-electron chi connectivity index (χ4n) is 5.21. The number of Topliss-reactive ketones (excluding diaryl/α,β-unsaturated/α-hetero) is 1. The molecule has 1 unspecified atom stereocenters. The lowest BCUT2D eigenvalue weighted by atomic mass is 9.89. The van der Waals surface area contributed by atoms with Crippen LogP contribution >= 0.6 is 0 Å². The van der Waals surface area contributed by atoms with Crippen molar-refractivity contribution >= 4 is 22.4 Å². The molecule has 5 rings (SSSR count). The first-order valence-electron chi connectivity index (χ1n) is 12.1. The maximum Gasteiger partial charge on any atom is 0.417 e. The number of ketones is 1. The van der Waals surface area contributed by atoms with Crippen LogP contribution < -0.4 is 0 Å². The molecule has 2 aromatic carbocycles. The lowest BCUT2D eigenvalue weighted by Crippen LogP contribution is -2.34. The molecule has 0 amide bonds. The largest absolute Gasteiger partial charge is 0.417 e. The number of aromatic nitrogens is 2. The van der Waals surface area contributed by atoms with Crippen LogP contribution in [0.2, 0.25) is 0 Å². The van der Waals surface area contributed by atoms with Crippen LogP contribution in [0.5, 0.6) is 0 Å². The summed E-state index contributed by atoms with van der Waals surface area (Å²) < 4.78 is 96.9. The molecule has 3 aromatic rings. The summed E-state index contributed by atoms with van der Waals surface area (Å²) in [5.41, 5.74) is -0.232. The summed E-state index contributed by atoms with van der Waals surface area (Å²) in [5.74, 6) is -5.02. The SMILES string of the molecule is COCc1c(C2=CC=CN3C2=CCC3C(=O)c2cc(F)c(F)c(F)c2)c(C(F)(F)F)cc2c1nc(COC)n2C. The van der Waals surface area contributed by atoms with E-state index in [-0.39, 0.29) is 41.9 Å². The lowest BCUT2D eigenvalue weighted by Gasteiger charge is -2.31. The summed E-state index contributed by atoms with van der Waals surface area (Å²) in [6.07, 6.45) is 1.36. The van der Waals surface area contributed by atoms with E-state index in [1.807, 2.05) is 0 Å². The summed E-state index contributed by atoms with van der Waals surface area (Å²) in [6.45, 7) is -0.114. The van der Waals surface area contributed by atoms with E-state index < -0.39 is 46.6 Å². The third kappa shape index (κ3) is 4.50. The zero-order chi connectivity index (χ0) is 28.9. The molecule has 12 heteroatoms. The van der Waals surface area contributed by atoms with E-state index >= 15 is 0 Å². The molecule has 1 atom stereocenters. The molecule has 0 spiro atoms. The normalized spacial score (nSPS) is 16.9. The molecule has 0 aliphatic carbocycles. The number of hydrogen-bond donors (Lipinski definition) is 0. The molecule has 40 heavy (non-hydrogen) atoms. The number of hydrogen-bond acceptors (Lipinski definition) is 5. The molecule has 0 fully saturated rings. The number of imidazole rings is 1. The number of methoxy groups -OCH3 is 2. The molecular weight excluding hydrogens is 540 g/mol. The highest BCUT2D eigenvalue weighted by Crippen LogP contribution is 2.46. The molecule has 2 aliphatic heterocycles. The van der Waals surface area contributed by atoms with Crippen molar-refractivity contribution in [1.82, 2.24) is 14.5 Å². The molecule has 6 nitrogen and oxygen atoms in total. The van der Waals surface area contributed by atoms with Gasteiger partial charge >= 0.3 is 6.18 Å². The first kappa shape index (κ1) is 27.7. The molecule has 2 aliphatic rings. The third-order valence-corrected chi connectivity index (χ3v) is 7.01. The lowest BCUT2D eigenvalue weighted by molar-refractivity contribution is -0.137. The minimum atomic E-state index is -4.76. The van der Waals surface area contributed by atoms with Crippen molar-refractivity contribution in [2.45, 2.75) is 31.9 Å². The number of benzene rings is 2. The Hall–Kier alpha value is -3.90. The van der Waals surface area contributed by atoms with E-state index in [0.29, 0.717) is 29.2 Å². The van der Waals surface area contributed by atoms with Crippen LogP contribution in [-0.4, -0.2) is 40.5 Å². The minimum Gasteiger partial charge on any atom is -0.380 e. The molecular formula is C28H23F6N3O3. The number of ether oxygens (including phenoxy) is 2. The van der Waals surface area contributed by atoms with E-state index in [4.69, 9.17) is 9.47 Å². The summed E-state index contributed by atoms with van der Waals surface area (Å²) >= 11 is 0. The van der Waals surface area contributed by atoms with Gasteiger partial charge in [-0.05, 0) is 30.7 Å². The van der Waals surface area contributed by atoms with Gasteiger partial charge in [-0.3, -0.25) is 4.79 Å². The highest BCUT2D eigenvalue weighted by atomic mass is 19.4. The van der Waals surface area contributed by atoms with Gasteiger partial charge in [-0.15, -0.1) is 0 Å². The van der Waals surface area contributed by atoms with Gasteiger partial charge in [-0.2, -0.15) is 13.2 Å². The Balaban J connectivity index is 1.64. The second-order valence-electron chi connectivity index (χ2n) is 9.38. The molecule has 0 N–H and O–H groups in total. The van der Waals surface area contributed by atoms with Crippen LogP contribution in [0.1, 0.15) is 39.3 Å². The zero-order valence-electron chi connectivity index (χ0n) is 21.6. The van der Waals surface area contributed by atoms with Crippen molar-refractivity contribution < 1.29 is 40.6 Å². The Morgan fingerprint density at radius 1 is 1.07 bits per heavy atom. The predicted molar refractivity (Wildman–Crippen MR) is 133 cm³/mol. The summed E-state index contributed by atoms with van der Waals surface area (Å²) in [7, 11) is 4.41. The van der Waals surface area contributed by atoms with Crippen LogP contribution in [0.25, 0.3) is 16.6 Å². The Morgan fingerprint density at radius 3 is 2.38 bits per heavy atom. The van der Waals surface area contributed by atoms with E-state index in [1.165, 1.54) is 42.0 Å². The second-order valence-corrected chi connectivity index (χ2v) is 9.38. The van der Waals surface area contributed by atoms with E-state index in [0.717, 1.165) is 6.07 Å². The van der Waals surface area contributed by atoms with Gasteiger partial charge in [0.1, 0.15) is 18.5 Å². The number of carbonyl (C=O) groups excluding carboxylic acids is 1. The summed E-state index contributed by atoms with van der Waals surface area (Å²) in [6, 6.07) is 1.23. The van der Waals surface area contributed by atoms with Gasteiger partial charge in [0.15, 0.2) is 23.2 Å². The van der Waals surface area contributed by atoms with Gasteiger partial charge in [0.25, 0.3) is 0 Å². The second kappa shape index (κ2) is 10.3.